The van der Waals surface area contributed by atoms with Gasteiger partial charge < -0.3 is 14.4 Å². The lowest BCUT2D eigenvalue weighted by molar-refractivity contribution is -0.148. The molecule has 9 nitrogen and oxygen atoms in total. The Hall–Kier alpha value is -3.82. The molecule has 0 aliphatic carbocycles. The van der Waals surface area contributed by atoms with Crippen LogP contribution in [0.25, 0.3) is 22.3 Å². The molecule has 4 aliphatic heterocycles. The second-order valence-corrected chi connectivity index (χ2v) is 10.9. The van der Waals surface area contributed by atoms with Gasteiger partial charge >= 0.3 is 0 Å². The summed E-state index contributed by atoms with van der Waals surface area (Å²) in [6.07, 6.45) is 5.73. The zero-order valence-electron chi connectivity index (χ0n) is 21.7. The summed E-state index contributed by atoms with van der Waals surface area (Å²) in [5.74, 6) is 1.02. The third-order valence-electron chi connectivity index (χ3n) is 8.33. The molecule has 3 saturated heterocycles. The van der Waals surface area contributed by atoms with E-state index in [1.54, 1.807) is 0 Å². The van der Waals surface area contributed by atoms with Gasteiger partial charge in [-0.25, -0.2) is 4.99 Å². The van der Waals surface area contributed by atoms with Crippen LogP contribution in [0.3, 0.4) is 0 Å². The van der Waals surface area contributed by atoms with Gasteiger partial charge in [0, 0.05) is 62.5 Å². The Morgan fingerprint density at radius 3 is 2.26 bits per heavy atom. The van der Waals surface area contributed by atoms with Gasteiger partial charge in [-0.15, -0.1) is 0 Å². The van der Waals surface area contributed by atoms with Crippen molar-refractivity contribution in [2.75, 3.05) is 39.5 Å². The van der Waals surface area contributed by atoms with E-state index in [0.29, 0.717) is 51.7 Å². The number of aliphatic imine (C=N–C) groups is 1. The Kier molecular flexibility index (Phi) is 6.05. The lowest BCUT2D eigenvalue weighted by atomic mass is 9.95. The number of ether oxygens (including phenoxy) is 2. The number of nitrogens with one attached hydrogen (secondary N) is 1. The minimum Gasteiger partial charge on any atom is -0.378 e. The first-order valence-electron chi connectivity index (χ1n) is 13.7. The molecular formula is C30H31N5O4. The third-order valence-corrected chi connectivity index (χ3v) is 8.33. The van der Waals surface area contributed by atoms with Crippen LogP contribution in [-0.4, -0.2) is 88.7 Å². The van der Waals surface area contributed by atoms with Crippen LogP contribution < -0.4 is 0 Å². The summed E-state index contributed by atoms with van der Waals surface area (Å²) in [5, 5.41) is 6.87. The molecule has 0 saturated carbocycles. The molecular weight excluding hydrogens is 494 g/mol. The number of hydrogen-bond donors (Lipinski definition) is 1. The lowest BCUT2D eigenvalue weighted by Crippen LogP contribution is -2.57. The van der Waals surface area contributed by atoms with E-state index >= 15 is 0 Å². The average molecular weight is 526 g/mol. The standard InChI is InChI=1S/C30H31N5O4/c36-28(26-2-1-12-39-26)34-16-20(17-34)18-35-27(33-30(29(35)37)11-13-38-19-30)24-9-7-22(8-10-24)21-3-5-23(6-4-21)25-14-31-32-15-25/h3-10,14-15,20,26H,1-2,11-13,16-19H2,(H,31,32)/t26-,30?/m1/s1. The number of aromatic amines is 1. The number of rotatable bonds is 6. The monoisotopic (exact) mass is 525 g/mol. The van der Waals surface area contributed by atoms with Crippen LogP contribution in [0.2, 0.25) is 0 Å². The van der Waals surface area contributed by atoms with Gasteiger partial charge in [0.05, 0.1) is 12.8 Å². The van der Waals surface area contributed by atoms with Crippen LogP contribution in [-0.2, 0) is 19.1 Å². The van der Waals surface area contributed by atoms with Gasteiger partial charge in [-0.1, -0.05) is 48.5 Å². The minimum atomic E-state index is -0.826. The Balaban J connectivity index is 1.08. The highest BCUT2D eigenvalue weighted by molar-refractivity contribution is 6.15. The molecule has 3 fully saturated rings. The van der Waals surface area contributed by atoms with Crippen molar-refractivity contribution in [2.45, 2.75) is 30.9 Å². The normalized spacial score (nSPS) is 25.0. The molecule has 200 valence electrons. The summed E-state index contributed by atoms with van der Waals surface area (Å²) in [4.78, 5) is 35.0. The Bertz CT molecular complexity index is 1380. The number of aromatic nitrogens is 2. The first kappa shape index (κ1) is 24.2. The van der Waals surface area contributed by atoms with E-state index in [-0.39, 0.29) is 23.8 Å². The van der Waals surface area contributed by atoms with E-state index in [4.69, 9.17) is 14.5 Å². The third kappa shape index (κ3) is 4.35. The fourth-order valence-electron chi connectivity index (χ4n) is 6.03. The fourth-order valence-corrected chi connectivity index (χ4v) is 6.03. The van der Waals surface area contributed by atoms with Crippen molar-refractivity contribution in [1.29, 1.82) is 0 Å². The molecule has 9 heteroatoms. The Morgan fingerprint density at radius 1 is 0.974 bits per heavy atom. The summed E-state index contributed by atoms with van der Waals surface area (Å²) in [6.45, 7) is 3.36. The molecule has 7 rings (SSSR count). The molecule has 0 bridgehead atoms. The van der Waals surface area contributed by atoms with Crippen LogP contribution >= 0.6 is 0 Å². The van der Waals surface area contributed by atoms with Crippen molar-refractivity contribution in [3.63, 3.8) is 0 Å². The second-order valence-electron chi connectivity index (χ2n) is 10.9. The second kappa shape index (κ2) is 9.73. The predicted octanol–water partition coefficient (Wildman–Crippen LogP) is 3.13. The van der Waals surface area contributed by atoms with Crippen LogP contribution in [0.4, 0.5) is 0 Å². The van der Waals surface area contributed by atoms with E-state index in [2.05, 4.69) is 46.6 Å². The molecule has 2 aromatic carbocycles. The van der Waals surface area contributed by atoms with Crippen molar-refractivity contribution in [3.8, 4) is 22.3 Å². The number of amidine groups is 1. The maximum absolute atomic E-state index is 13.7. The zero-order chi connectivity index (χ0) is 26.4. The van der Waals surface area contributed by atoms with E-state index in [0.717, 1.165) is 40.7 Å². The fraction of sp³-hybridized carbons (Fsp3) is 0.400. The van der Waals surface area contributed by atoms with E-state index < -0.39 is 5.54 Å². The van der Waals surface area contributed by atoms with Gasteiger partial charge in [0.15, 0.2) is 5.54 Å². The molecule has 1 unspecified atom stereocenters. The number of hydrogen-bond acceptors (Lipinski definition) is 6. The van der Waals surface area contributed by atoms with Crippen LogP contribution in [0.15, 0.2) is 65.9 Å². The first-order valence-corrected chi connectivity index (χ1v) is 13.7. The summed E-state index contributed by atoms with van der Waals surface area (Å²) in [7, 11) is 0. The summed E-state index contributed by atoms with van der Waals surface area (Å²) >= 11 is 0. The number of carbonyl (C=O) groups excluding carboxylic acids is 2. The minimum absolute atomic E-state index is 0.0119. The largest absolute Gasteiger partial charge is 0.378 e. The molecule has 5 heterocycles. The number of likely N-dealkylation sites (tertiary alicyclic amines) is 1. The van der Waals surface area contributed by atoms with Gasteiger partial charge in [-0.2, -0.15) is 5.10 Å². The van der Waals surface area contributed by atoms with Gasteiger partial charge in [-0.05, 0) is 29.5 Å². The van der Waals surface area contributed by atoms with Crippen LogP contribution in [0.1, 0.15) is 24.8 Å². The Morgan fingerprint density at radius 2 is 1.67 bits per heavy atom. The zero-order valence-corrected chi connectivity index (χ0v) is 21.7. The summed E-state index contributed by atoms with van der Waals surface area (Å²) in [5.41, 5.74) is 4.45. The molecule has 3 aromatic rings. The van der Waals surface area contributed by atoms with Crippen molar-refractivity contribution < 1.29 is 19.1 Å². The number of amides is 2. The van der Waals surface area contributed by atoms with Crippen molar-refractivity contribution >= 4 is 17.6 Å². The molecule has 1 spiro atoms. The van der Waals surface area contributed by atoms with E-state index in [1.165, 1.54) is 0 Å². The number of H-pyrrole nitrogens is 1. The molecule has 1 N–H and O–H groups in total. The average Bonchev–Trinajstić information content (AvgIpc) is 3.77. The topological polar surface area (TPSA) is 100 Å². The van der Waals surface area contributed by atoms with Gasteiger partial charge in [0.2, 0.25) is 0 Å². The van der Waals surface area contributed by atoms with Crippen molar-refractivity contribution in [3.05, 3.63) is 66.5 Å². The Labute approximate surface area is 226 Å². The lowest BCUT2D eigenvalue weighted by Gasteiger charge is -2.42. The SMILES string of the molecule is O=C([C@H]1CCCO1)N1CC(CN2C(=O)C3(CCOC3)N=C2c2ccc(-c3ccc(-c4cn[nH]c4)cc3)cc2)C1. The van der Waals surface area contributed by atoms with E-state index in [9.17, 15) is 9.59 Å². The maximum Gasteiger partial charge on any atom is 0.258 e. The highest BCUT2D eigenvalue weighted by atomic mass is 16.5. The summed E-state index contributed by atoms with van der Waals surface area (Å²) in [6, 6.07) is 16.6. The summed E-state index contributed by atoms with van der Waals surface area (Å²) < 4.78 is 11.2. The van der Waals surface area contributed by atoms with Crippen LogP contribution in [0, 0.1) is 5.92 Å². The van der Waals surface area contributed by atoms with Gasteiger partial charge in [0.1, 0.15) is 11.9 Å². The van der Waals surface area contributed by atoms with Gasteiger partial charge in [0.25, 0.3) is 11.8 Å². The van der Waals surface area contributed by atoms with Crippen LogP contribution in [0.5, 0.6) is 0 Å². The molecule has 2 atom stereocenters. The number of nitrogens with zero attached hydrogens (tertiary/aromatic N) is 4. The van der Waals surface area contributed by atoms with E-state index in [1.807, 2.05) is 34.3 Å². The number of carbonyl (C=O) groups is 2. The van der Waals surface area contributed by atoms with Crippen molar-refractivity contribution in [2.24, 2.45) is 10.9 Å². The highest BCUT2D eigenvalue weighted by Crippen LogP contribution is 2.35. The first-order chi connectivity index (χ1) is 19.1. The predicted molar refractivity (Wildman–Crippen MR) is 145 cm³/mol. The molecule has 4 aliphatic rings. The van der Waals surface area contributed by atoms with Gasteiger partial charge in [-0.3, -0.25) is 19.6 Å². The smallest absolute Gasteiger partial charge is 0.258 e. The molecule has 39 heavy (non-hydrogen) atoms. The van der Waals surface area contributed by atoms with Crippen molar-refractivity contribution in [1.82, 2.24) is 20.0 Å². The number of benzene rings is 2. The quantitative estimate of drug-likeness (QED) is 0.533. The molecule has 2 amide bonds. The maximum atomic E-state index is 13.7. The molecule has 1 aromatic heterocycles. The highest BCUT2D eigenvalue weighted by Gasteiger charge is 2.52. The molecule has 0 radical (unpaired) electrons.